The Kier molecular flexibility index (Phi) is 5.81. The summed E-state index contributed by atoms with van der Waals surface area (Å²) >= 11 is 0. The van der Waals surface area contributed by atoms with Gasteiger partial charge in [-0.3, -0.25) is 4.57 Å². The van der Waals surface area contributed by atoms with Crippen LogP contribution in [0, 0.1) is 0 Å². The van der Waals surface area contributed by atoms with Gasteiger partial charge in [0, 0.05) is 38.1 Å². The lowest BCUT2D eigenvalue weighted by molar-refractivity contribution is 0.673. The van der Waals surface area contributed by atoms with E-state index in [0.29, 0.717) is 17.6 Å². The van der Waals surface area contributed by atoms with Crippen LogP contribution in [0.4, 0.5) is 0 Å². The van der Waals surface area contributed by atoms with Crippen LogP contribution >= 0.6 is 0 Å². The third kappa shape index (κ3) is 4.01. The average Bonchev–Trinajstić information content (AvgIpc) is 3.71. The molecule has 0 aliphatic heterocycles. The molecule has 3 aromatic heterocycles. The molecule has 224 valence electrons. The van der Waals surface area contributed by atoms with Gasteiger partial charge in [0.05, 0.1) is 11.0 Å². The van der Waals surface area contributed by atoms with E-state index in [-0.39, 0.29) is 0 Å². The van der Waals surface area contributed by atoms with Crippen molar-refractivity contribution in [2.45, 2.75) is 0 Å². The first-order chi connectivity index (χ1) is 23.8. The minimum absolute atomic E-state index is 0.565. The van der Waals surface area contributed by atoms with E-state index >= 15 is 0 Å². The van der Waals surface area contributed by atoms with E-state index in [9.17, 15) is 0 Å². The van der Waals surface area contributed by atoms with Crippen LogP contribution in [0.3, 0.4) is 0 Å². The molecule has 0 fully saturated rings. The second-order valence-corrected chi connectivity index (χ2v) is 12.0. The molecule has 10 rings (SSSR count). The molecule has 0 N–H and O–H groups in total. The van der Waals surface area contributed by atoms with Crippen molar-refractivity contribution in [3.63, 3.8) is 0 Å². The SMILES string of the molecule is c1ccc(-c2nc(-c3cc4cccc(-c5ccccc5)c4c4oc5ccccc5c34)nc(-n3c4ccccc4c4ccccc43)n2)cc1. The molecular weight excluding hydrogens is 589 g/mol. The van der Waals surface area contributed by atoms with Crippen molar-refractivity contribution in [1.82, 2.24) is 19.5 Å². The van der Waals surface area contributed by atoms with Crippen LogP contribution < -0.4 is 0 Å². The van der Waals surface area contributed by atoms with Gasteiger partial charge in [-0.15, -0.1) is 0 Å². The van der Waals surface area contributed by atoms with Gasteiger partial charge in [0.25, 0.3) is 0 Å². The molecule has 0 saturated carbocycles. The van der Waals surface area contributed by atoms with Gasteiger partial charge in [-0.05, 0) is 40.8 Å². The number of hydrogen-bond acceptors (Lipinski definition) is 4. The van der Waals surface area contributed by atoms with Crippen molar-refractivity contribution in [3.8, 4) is 39.9 Å². The number of nitrogens with zero attached hydrogens (tertiary/aromatic N) is 4. The Bertz CT molecular complexity index is 2780. The van der Waals surface area contributed by atoms with Crippen molar-refractivity contribution < 1.29 is 4.42 Å². The van der Waals surface area contributed by atoms with Gasteiger partial charge in [0.15, 0.2) is 11.6 Å². The Balaban J connectivity index is 1.34. The molecule has 0 bridgehead atoms. The Labute approximate surface area is 275 Å². The van der Waals surface area contributed by atoms with Gasteiger partial charge in [-0.2, -0.15) is 9.97 Å². The summed E-state index contributed by atoms with van der Waals surface area (Å²) in [4.78, 5) is 15.6. The maximum absolute atomic E-state index is 6.75. The minimum Gasteiger partial charge on any atom is -0.455 e. The monoisotopic (exact) mass is 614 g/mol. The number of para-hydroxylation sites is 3. The fourth-order valence-electron chi connectivity index (χ4n) is 7.13. The first kappa shape index (κ1) is 26.6. The Morgan fingerprint density at radius 2 is 1.04 bits per heavy atom. The van der Waals surface area contributed by atoms with Crippen LogP contribution in [0.5, 0.6) is 0 Å². The maximum Gasteiger partial charge on any atom is 0.238 e. The summed E-state index contributed by atoms with van der Waals surface area (Å²) in [5, 5.41) is 6.43. The van der Waals surface area contributed by atoms with E-state index in [1.807, 2.05) is 48.5 Å². The van der Waals surface area contributed by atoms with Crippen LogP contribution in [0.25, 0.3) is 94.4 Å². The number of furan rings is 1. The molecule has 0 unspecified atom stereocenters. The highest BCUT2D eigenvalue weighted by Gasteiger charge is 2.23. The lowest BCUT2D eigenvalue weighted by Gasteiger charge is -2.13. The highest BCUT2D eigenvalue weighted by Crippen LogP contribution is 2.44. The van der Waals surface area contributed by atoms with Crippen molar-refractivity contribution in [2.24, 2.45) is 0 Å². The Morgan fingerprint density at radius 3 is 1.77 bits per heavy atom. The quantitative estimate of drug-likeness (QED) is 0.198. The second kappa shape index (κ2) is 10.5. The van der Waals surface area contributed by atoms with Crippen molar-refractivity contribution in [3.05, 3.63) is 158 Å². The van der Waals surface area contributed by atoms with E-state index < -0.39 is 0 Å². The summed E-state index contributed by atoms with van der Waals surface area (Å²) in [5.74, 6) is 1.76. The molecule has 0 radical (unpaired) electrons. The number of benzene rings is 7. The maximum atomic E-state index is 6.75. The molecule has 0 aliphatic carbocycles. The van der Waals surface area contributed by atoms with E-state index in [4.69, 9.17) is 19.4 Å². The number of aromatic nitrogens is 4. The van der Waals surface area contributed by atoms with Crippen LogP contribution in [0.15, 0.2) is 162 Å². The summed E-state index contributed by atoms with van der Waals surface area (Å²) in [6, 6.07) is 54.3. The molecule has 7 aromatic carbocycles. The van der Waals surface area contributed by atoms with Crippen LogP contribution in [-0.4, -0.2) is 19.5 Å². The zero-order valence-electron chi connectivity index (χ0n) is 25.7. The van der Waals surface area contributed by atoms with E-state index in [0.717, 1.165) is 76.8 Å². The number of rotatable bonds is 4. The highest BCUT2D eigenvalue weighted by atomic mass is 16.3. The van der Waals surface area contributed by atoms with Gasteiger partial charge in [0.1, 0.15) is 11.2 Å². The van der Waals surface area contributed by atoms with Crippen LogP contribution in [-0.2, 0) is 0 Å². The first-order valence-corrected chi connectivity index (χ1v) is 16.0. The van der Waals surface area contributed by atoms with Gasteiger partial charge in [-0.25, -0.2) is 4.98 Å². The van der Waals surface area contributed by atoms with Crippen molar-refractivity contribution in [2.75, 3.05) is 0 Å². The smallest absolute Gasteiger partial charge is 0.238 e. The summed E-state index contributed by atoms with van der Waals surface area (Å²) in [6.07, 6.45) is 0. The topological polar surface area (TPSA) is 56.7 Å². The molecule has 0 amide bonds. The molecule has 5 heteroatoms. The fourth-order valence-corrected chi connectivity index (χ4v) is 7.13. The Morgan fingerprint density at radius 1 is 0.438 bits per heavy atom. The third-order valence-corrected chi connectivity index (χ3v) is 9.25. The van der Waals surface area contributed by atoms with Gasteiger partial charge < -0.3 is 4.42 Å². The molecule has 0 spiro atoms. The van der Waals surface area contributed by atoms with E-state index in [1.165, 1.54) is 0 Å². The van der Waals surface area contributed by atoms with Crippen LogP contribution in [0.1, 0.15) is 0 Å². The van der Waals surface area contributed by atoms with Crippen LogP contribution in [0.2, 0.25) is 0 Å². The molecule has 0 aliphatic rings. The largest absolute Gasteiger partial charge is 0.455 e. The standard InChI is InChI=1S/C43H26N4O/c1-3-14-27(15-4-1)30-22-13-18-29-26-34(39-33-21-9-12-25-37(33)48-40(39)38(29)30)42-44-41(28-16-5-2-6-17-28)45-43(46-42)47-35-23-10-7-19-31(35)32-20-8-11-24-36(32)47/h1-26H. The number of fused-ring (bicyclic) bond motifs is 8. The summed E-state index contributed by atoms with van der Waals surface area (Å²) in [5.41, 5.74) is 7.80. The average molecular weight is 615 g/mol. The summed E-state index contributed by atoms with van der Waals surface area (Å²) in [6.45, 7) is 0. The zero-order valence-corrected chi connectivity index (χ0v) is 25.7. The fraction of sp³-hybridized carbons (Fsp3) is 0. The van der Waals surface area contributed by atoms with Crippen molar-refractivity contribution >= 4 is 54.5 Å². The molecule has 0 atom stereocenters. The lowest BCUT2D eigenvalue weighted by Crippen LogP contribution is -2.06. The molecule has 3 heterocycles. The summed E-state index contributed by atoms with van der Waals surface area (Å²) < 4.78 is 8.90. The van der Waals surface area contributed by atoms with E-state index in [1.54, 1.807) is 0 Å². The molecule has 5 nitrogen and oxygen atoms in total. The van der Waals surface area contributed by atoms with E-state index in [2.05, 4.69) is 114 Å². The minimum atomic E-state index is 0.565. The molecule has 48 heavy (non-hydrogen) atoms. The summed E-state index contributed by atoms with van der Waals surface area (Å²) in [7, 11) is 0. The highest BCUT2D eigenvalue weighted by molar-refractivity contribution is 6.23. The zero-order chi connectivity index (χ0) is 31.6. The second-order valence-electron chi connectivity index (χ2n) is 12.0. The van der Waals surface area contributed by atoms with Gasteiger partial charge in [0.2, 0.25) is 5.95 Å². The molecular formula is C43H26N4O. The predicted molar refractivity (Wildman–Crippen MR) is 195 cm³/mol. The molecule has 10 aromatic rings. The Hall–Kier alpha value is -6.59. The third-order valence-electron chi connectivity index (χ3n) is 9.25. The predicted octanol–water partition coefficient (Wildman–Crippen LogP) is 11.0. The normalized spacial score (nSPS) is 11.8. The first-order valence-electron chi connectivity index (χ1n) is 16.0. The van der Waals surface area contributed by atoms with Gasteiger partial charge in [-0.1, -0.05) is 133 Å². The van der Waals surface area contributed by atoms with Gasteiger partial charge >= 0.3 is 0 Å². The number of hydrogen-bond donors (Lipinski definition) is 0. The lowest BCUT2D eigenvalue weighted by atomic mass is 9.93. The van der Waals surface area contributed by atoms with Crippen molar-refractivity contribution in [1.29, 1.82) is 0 Å². The molecule has 0 saturated heterocycles.